The van der Waals surface area contributed by atoms with Crippen LogP contribution in [0.1, 0.15) is 44.6 Å². The molecule has 2 heterocycles. The zero-order chi connectivity index (χ0) is 19.2. The van der Waals surface area contributed by atoms with E-state index in [1.165, 1.54) is 19.3 Å². The van der Waals surface area contributed by atoms with E-state index in [1.54, 1.807) is 0 Å². The van der Waals surface area contributed by atoms with Crippen LogP contribution in [0, 0.1) is 0 Å². The van der Waals surface area contributed by atoms with Crippen molar-refractivity contribution in [3.63, 3.8) is 0 Å². The van der Waals surface area contributed by atoms with Crippen molar-refractivity contribution >= 4 is 29.9 Å². The molecule has 0 aromatic heterocycles. The minimum atomic E-state index is 0. The molecule has 1 N–H and O–H groups in total. The summed E-state index contributed by atoms with van der Waals surface area (Å²) in [6.07, 6.45) is 6.57. The molecule has 0 radical (unpaired) electrons. The molecular formula is C22H34IN3O3. The van der Waals surface area contributed by atoms with E-state index in [4.69, 9.17) is 19.2 Å². The van der Waals surface area contributed by atoms with Crippen molar-refractivity contribution < 1.29 is 14.2 Å². The number of rotatable bonds is 6. The number of aliphatic imine (C=N–C) groups is 1. The van der Waals surface area contributed by atoms with Gasteiger partial charge in [0.25, 0.3) is 0 Å². The molecule has 3 aliphatic rings. The Morgan fingerprint density at radius 3 is 2.69 bits per heavy atom. The van der Waals surface area contributed by atoms with Gasteiger partial charge >= 0.3 is 0 Å². The monoisotopic (exact) mass is 515 g/mol. The standard InChI is InChI=1S/C22H33N3O3.HI/c1-2-23-22(25-12-14-27-21(16-25)20-11-6-13-26-20)24-15-17-7-3-4-10-19(17)28-18-8-5-9-18;/h3-4,7,10,18,20-21H,2,5-6,8-9,11-16H2,1H3,(H,23,24);1H. The highest BCUT2D eigenvalue weighted by atomic mass is 127. The molecule has 6 nitrogen and oxygen atoms in total. The lowest BCUT2D eigenvalue weighted by atomic mass is 9.96. The lowest BCUT2D eigenvalue weighted by Crippen LogP contribution is -2.53. The number of guanidine groups is 1. The number of para-hydroxylation sites is 1. The van der Waals surface area contributed by atoms with Gasteiger partial charge in [-0.1, -0.05) is 18.2 Å². The molecule has 2 atom stereocenters. The van der Waals surface area contributed by atoms with Crippen LogP contribution in [0.5, 0.6) is 5.75 Å². The Bertz CT molecular complexity index is 662. The molecule has 29 heavy (non-hydrogen) atoms. The van der Waals surface area contributed by atoms with E-state index < -0.39 is 0 Å². The number of ether oxygens (including phenoxy) is 3. The lowest BCUT2D eigenvalue weighted by Gasteiger charge is -2.37. The zero-order valence-electron chi connectivity index (χ0n) is 17.3. The Morgan fingerprint density at radius 1 is 1.14 bits per heavy atom. The molecule has 2 aliphatic heterocycles. The largest absolute Gasteiger partial charge is 0.490 e. The summed E-state index contributed by atoms with van der Waals surface area (Å²) in [5, 5.41) is 3.46. The third-order valence-electron chi connectivity index (χ3n) is 5.83. The van der Waals surface area contributed by atoms with Crippen LogP contribution in [0.2, 0.25) is 0 Å². The summed E-state index contributed by atoms with van der Waals surface area (Å²) >= 11 is 0. The molecule has 0 bridgehead atoms. The second kappa shape index (κ2) is 11.4. The van der Waals surface area contributed by atoms with Crippen LogP contribution in [-0.4, -0.2) is 62.0 Å². The number of halogens is 1. The van der Waals surface area contributed by atoms with Gasteiger partial charge in [0.2, 0.25) is 0 Å². The highest BCUT2D eigenvalue weighted by Gasteiger charge is 2.32. The van der Waals surface area contributed by atoms with Gasteiger partial charge in [0.1, 0.15) is 11.9 Å². The molecule has 1 aliphatic carbocycles. The van der Waals surface area contributed by atoms with Crippen LogP contribution >= 0.6 is 24.0 Å². The van der Waals surface area contributed by atoms with Crippen LogP contribution in [0.25, 0.3) is 0 Å². The maximum Gasteiger partial charge on any atom is 0.194 e. The summed E-state index contributed by atoms with van der Waals surface area (Å²) in [6, 6.07) is 8.29. The highest BCUT2D eigenvalue weighted by Crippen LogP contribution is 2.28. The zero-order valence-corrected chi connectivity index (χ0v) is 19.7. The number of hydrogen-bond donors (Lipinski definition) is 1. The summed E-state index contributed by atoms with van der Waals surface area (Å²) in [7, 11) is 0. The minimum Gasteiger partial charge on any atom is -0.490 e. The molecule has 4 rings (SSSR count). The number of morpholine rings is 1. The molecule has 2 saturated heterocycles. The predicted octanol–water partition coefficient (Wildman–Crippen LogP) is 3.58. The van der Waals surface area contributed by atoms with E-state index in [9.17, 15) is 0 Å². The van der Waals surface area contributed by atoms with Gasteiger partial charge in [-0.05, 0) is 45.1 Å². The van der Waals surface area contributed by atoms with Crippen molar-refractivity contribution in [1.29, 1.82) is 0 Å². The fourth-order valence-electron chi connectivity index (χ4n) is 3.99. The van der Waals surface area contributed by atoms with E-state index in [0.29, 0.717) is 12.6 Å². The SMILES string of the molecule is CCNC(=NCc1ccccc1OC1CCC1)N1CCOC(C2CCCO2)C1.I. The topological polar surface area (TPSA) is 55.3 Å². The van der Waals surface area contributed by atoms with Crippen LogP contribution < -0.4 is 10.1 Å². The third-order valence-corrected chi connectivity index (χ3v) is 5.83. The van der Waals surface area contributed by atoms with E-state index >= 15 is 0 Å². The molecule has 3 fully saturated rings. The average molecular weight is 515 g/mol. The summed E-state index contributed by atoms with van der Waals surface area (Å²) < 4.78 is 18.0. The molecule has 1 aromatic rings. The van der Waals surface area contributed by atoms with Crippen LogP contribution in [0.3, 0.4) is 0 Å². The molecule has 162 valence electrons. The van der Waals surface area contributed by atoms with Gasteiger partial charge < -0.3 is 24.4 Å². The predicted molar refractivity (Wildman–Crippen MR) is 125 cm³/mol. The fourth-order valence-corrected chi connectivity index (χ4v) is 3.99. The van der Waals surface area contributed by atoms with Gasteiger partial charge in [-0.15, -0.1) is 24.0 Å². The first-order chi connectivity index (χ1) is 13.8. The van der Waals surface area contributed by atoms with Gasteiger partial charge in [0, 0.05) is 31.8 Å². The Hall–Kier alpha value is -1.06. The molecular weight excluding hydrogens is 481 g/mol. The van der Waals surface area contributed by atoms with Crippen LogP contribution in [0.4, 0.5) is 0 Å². The van der Waals surface area contributed by atoms with Crippen molar-refractivity contribution in [3.05, 3.63) is 29.8 Å². The number of hydrogen-bond acceptors (Lipinski definition) is 4. The van der Waals surface area contributed by atoms with Gasteiger partial charge in [0.05, 0.1) is 25.4 Å². The number of nitrogens with zero attached hydrogens (tertiary/aromatic N) is 2. The van der Waals surface area contributed by atoms with Crippen molar-refractivity contribution in [1.82, 2.24) is 10.2 Å². The molecule has 2 unspecified atom stereocenters. The van der Waals surface area contributed by atoms with E-state index in [1.807, 2.05) is 6.07 Å². The van der Waals surface area contributed by atoms with Gasteiger partial charge in [0.15, 0.2) is 5.96 Å². The number of nitrogens with one attached hydrogen (secondary N) is 1. The maximum absolute atomic E-state index is 6.16. The molecule has 7 heteroatoms. The van der Waals surface area contributed by atoms with Gasteiger partial charge in [-0.2, -0.15) is 0 Å². The first-order valence-corrected chi connectivity index (χ1v) is 10.8. The Kier molecular flexibility index (Phi) is 8.86. The summed E-state index contributed by atoms with van der Waals surface area (Å²) in [5.74, 6) is 1.93. The first-order valence-electron chi connectivity index (χ1n) is 10.8. The lowest BCUT2D eigenvalue weighted by molar-refractivity contribution is -0.0817. The van der Waals surface area contributed by atoms with E-state index in [2.05, 4.69) is 35.3 Å². The Labute approximate surface area is 191 Å². The molecule has 0 spiro atoms. The second-order valence-electron chi connectivity index (χ2n) is 7.86. The first kappa shape index (κ1) is 22.6. The molecule has 1 saturated carbocycles. The van der Waals surface area contributed by atoms with E-state index in [-0.39, 0.29) is 36.2 Å². The normalized spacial score (nSPS) is 25.3. The molecule has 1 aromatic carbocycles. The fraction of sp³-hybridized carbons (Fsp3) is 0.682. The van der Waals surface area contributed by atoms with Crippen LogP contribution in [0.15, 0.2) is 29.3 Å². The second-order valence-corrected chi connectivity index (χ2v) is 7.86. The third kappa shape index (κ3) is 5.98. The van der Waals surface area contributed by atoms with Crippen LogP contribution in [-0.2, 0) is 16.0 Å². The van der Waals surface area contributed by atoms with E-state index in [0.717, 1.165) is 63.0 Å². The summed E-state index contributed by atoms with van der Waals surface area (Å²) in [4.78, 5) is 7.25. The van der Waals surface area contributed by atoms with Gasteiger partial charge in [-0.3, -0.25) is 0 Å². The van der Waals surface area contributed by atoms with Gasteiger partial charge in [-0.25, -0.2) is 4.99 Å². The van der Waals surface area contributed by atoms with Crippen molar-refractivity contribution in [2.45, 2.75) is 63.9 Å². The smallest absolute Gasteiger partial charge is 0.194 e. The summed E-state index contributed by atoms with van der Waals surface area (Å²) in [5.41, 5.74) is 1.15. The van der Waals surface area contributed by atoms with Crippen molar-refractivity contribution in [3.8, 4) is 5.75 Å². The Morgan fingerprint density at radius 2 is 1.97 bits per heavy atom. The quantitative estimate of drug-likeness (QED) is 0.357. The average Bonchev–Trinajstić information content (AvgIpc) is 3.24. The minimum absolute atomic E-state index is 0. The number of benzene rings is 1. The van der Waals surface area contributed by atoms with Crippen molar-refractivity contribution in [2.75, 3.05) is 32.8 Å². The van der Waals surface area contributed by atoms with Crippen molar-refractivity contribution in [2.24, 2.45) is 4.99 Å². The highest BCUT2D eigenvalue weighted by molar-refractivity contribution is 14.0. The Balaban J connectivity index is 0.00000240. The molecule has 0 amide bonds. The summed E-state index contributed by atoms with van der Waals surface area (Å²) in [6.45, 7) is 6.84. The maximum atomic E-state index is 6.16.